The van der Waals surface area contributed by atoms with Crippen LogP contribution in [0.25, 0.3) is 5.69 Å². The third-order valence-corrected chi connectivity index (χ3v) is 7.57. The van der Waals surface area contributed by atoms with E-state index in [1.807, 2.05) is 61.5 Å². The molecule has 1 fully saturated rings. The summed E-state index contributed by atoms with van der Waals surface area (Å²) in [7, 11) is 3.27. The quantitative estimate of drug-likeness (QED) is 0.257. The van der Waals surface area contributed by atoms with Gasteiger partial charge in [-0.25, -0.2) is 0 Å². The molecule has 2 N–H and O–H groups in total. The maximum Gasteiger partial charge on any atom is 0.224 e. The Morgan fingerprint density at radius 3 is 2.55 bits per heavy atom. The molecule has 0 bridgehead atoms. The number of thiocarbonyl (C=S) groups is 1. The third-order valence-electron chi connectivity index (χ3n) is 7.26. The highest BCUT2D eigenvalue weighted by atomic mass is 32.1. The maximum atomic E-state index is 12.1. The van der Waals surface area contributed by atoms with Gasteiger partial charge in [0, 0.05) is 47.5 Å². The van der Waals surface area contributed by atoms with Gasteiger partial charge in [0.15, 0.2) is 5.11 Å². The smallest absolute Gasteiger partial charge is 0.224 e. The largest absolute Gasteiger partial charge is 0.497 e. The highest BCUT2D eigenvalue weighted by molar-refractivity contribution is 7.80. The highest BCUT2D eigenvalue weighted by Gasteiger charge is 2.42. The number of anilines is 2. The first-order valence-electron chi connectivity index (χ1n) is 13.2. The molecule has 1 amide bonds. The number of aryl methyl sites for hydroxylation is 1. The minimum Gasteiger partial charge on any atom is -0.497 e. The Kier molecular flexibility index (Phi) is 7.75. The number of carbonyl (C=O) groups is 1. The first kappa shape index (κ1) is 27.2. The molecule has 0 unspecified atom stereocenters. The topological polar surface area (TPSA) is 80.7 Å². The molecule has 1 aliphatic heterocycles. The molecule has 1 saturated heterocycles. The van der Waals surface area contributed by atoms with Crippen molar-refractivity contribution in [3.05, 3.63) is 95.6 Å². The van der Waals surface area contributed by atoms with Crippen molar-refractivity contribution in [1.29, 1.82) is 0 Å². The number of pyridine rings is 1. The number of rotatable bonds is 8. The van der Waals surface area contributed by atoms with Crippen molar-refractivity contribution in [2.45, 2.75) is 39.3 Å². The van der Waals surface area contributed by atoms with Crippen molar-refractivity contribution in [2.24, 2.45) is 0 Å². The molecule has 5 rings (SSSR count). The predicted octanol–water partition coefficient (Wildman–Crippen LogP) is 6.03. The summed E-state index contributed by atoms with van der Waals surface area (Å²) in [6, 6.07) is 21.5. The zero-order chi connectivity index (χ0) is 28.4. The van der Waals surface area contributed by atoms with Gasteiger partial charge in [0.1, 0.15) is 11.5 Å². The molecule has 1 aliphatic rings. The van der Waals surface area contributed by atoms with Crippen molar-refractivity contribution in [3.8, 4) is 17.2 Å². The molecule has 0 radical (unpaired) electrons. The highest BCUT2D eigenvalue weighted by Crippen LogP contribution is 2.45. The normalized spacial score (nSPS) is 16.5. The standard InChI is InChI=1S/C31H33N5O3S/c1-6-28(37)33-25-14-13-22(18-27(25)39-5)36-30(29(34-31(36)40)26-12-7-8-15-32-26)24-16-19(2)35(20(24)3)21-10-9-11-23(17-21)38-4/h7-18,29-30H,6H2,1-5H3,(H,33,37)(H,34,40)/t29-,30-/m0/s1. The lowest BCUT2D eigenvalue weighted by Gasteiger charge is -2.29. The van der Waals surface area contributed by atoms with Crippen LogP contribution < -0.4 is 25.0 Å². The van der Waals surface area contributed by atoms with Gasteiger partial charge in [-0.2, -0.15) is 0 Å². The fraction of sp³-hybridized carbons (Fsp3) is 0.258. The van der Waals surface area contributed by atoms with E-state index in [0.29, 0.717) is 23.0 Å². The van der Waals surface area contributed by atoms with Gasteiger partial charge in [-0.15, -0.1) is 0 Å². The van der Waals surface area contributed by atoms with E-state index in [0.717, 1.165) is 39.8 Å². The minimum absolute atomic E-state index is 0.0810. The zero-order valence-corrected chi connectivity index (χ0v) is 24.1. The summed E-state index contributed by atoms with van der Waals surface area (Å²) in [6.07, 6.45) is 2.18. The first-order chi connectivity index (χ1) is 19.4. The fourth-order valence-corrected chi connectivity index (χ4v) is 5.70. The van der Waals surface area contributed by atoms with Crippen LogP contribution >= 0.6 is 12.2 Å². The van der Waals surface area contributed by atoms with Crippen LogP contribution in [-0.4, -0.2) is 34.8 Å². The maximum absolute atomic E-state index is 12.1. The summed E-state index contributed by atoms with van der Waals surface area (Å²) in [4.78, 5) is 18.9. The molecule has 0 aliphatic carbocycles. The molecule has 40 heavy (non-hydrogen) atoms. The minimum atomic E-state index is -0.200. The molecule has 4 aromatic rings. The number of amides is 1. The summed E-state index contributed by atoms with van der Waals surface area (Å²) >= 11 is 5.94. The van der Waals surface area contributed by atoms with Crippen molar-refractivity contribution in [3.63, 3.8) is 0 Å². The summed E-state index contributed by atoms with van der Waals surface area (Å²) in [5, 5.41) is 7.02. The van der Waals surface area contributed by atoms with Gasteiger partial charge >= 0.3 is 0 Å². The Hall–Kier alpha value is -4.37. The van der Waals surface area contributed by atoms with E-state index in [1.165, 1.54) is 0 Å². The SMILES string of the molecule is CCC(=O)Nc1ccc(N2C(=S)N[C@@H](c3ccccn3)[C@@H]2c2cc(C)n(-c3cccc(OC)c3)c2C)cc1OC. The van der Waals surface area contributed by atoms with Gasteiger partial charge < -0.3 is 29.6 Å². The van der Waals surface area contributed by atoms with Crippen molar-refractivity contribution in [1.82, 2.24) is 14.9 Å². The van der Waals surface area contributed by atoms with Crippen LogP contribution in [0.4, 0.5) is 11.4 Å². The van der Waals surface area contributed by atoms with E-state index in [-0.39, 0.29) is 18.0 Å². The molecule has 2 atom stereocenters. The molecule has 2 aromatic carbocycles. The first-order valence-corrected chi connectivity index (χ1v) is 13.6. The fourth-order valence-electron chi connectivity index (χ4n) is 5.35. The van der Waals surface area contributed by atoms with E-state index in [2.05, 4.69) is 51.1 Å². The second kappa shape index (κ2) is 11.4. The van der Waals surface area contributed by atoms with E-state index >= 15 is 0 Å². The number of hydrogen-bond donors (Lipinski definition) is 2. The number of hydrogen-bond acceptors (Lipinski definition) is 5. The molecule has 9 heteroatoms. The van der Waals surface area contributed by atoms with Crippen LogP contribution in [0.5, 0.6) is 11.5 Å². The number of ether oxygens (including phenoxy) is 2. The lowest BCUT2D eigenvalue weighted by Crippen LogP contribution is -2.29. The van der Waals surface area contributed by atoms with E-state index in [9.17, 15) is 4.79 Å². The average Bonchev–Trinajstić information content (AvgIpc) is 3.48. The van der Waals surface area contributed by atoms with Crippen LogP contribution in [0.3, 0.4) is 0 Å². The van der Waals surface area contributed by atoms with Gasteiger partial charge in [-0.1, -0.05) is 19.1 Å². The molecule has 206 valence electrons. The van der Waals surface area contributed by atoms with Crippen LogP contribution in [0.2, 0.25) is 0 Å². The second-order valence-corrected chi connectivity index (χ2v) is 10.0. The number of carbonyl (C=O) groups excluding carboxylic acids is 1. The summed E-state index contributed by atoms with van der Waals surface area (Å²) in [5.74, 6) is 1.28. The van der Waals surface area contributed by atoms with Gasteiger partial charge in [0.05, 0.1) is 37.7 Å². The van der Waals surface area contributed by atoms with Crippen LogP contribution in [0.15, 0.2) is 72.9 Å². The molecule has 0 saturated carbocycles. The predicted molar refractivity (Wildman–Crippen MR) is 162 cm³/mol. The second-order valence-electron chi connectivity index (χ2n) is 9.65. The van der Waals surface area contributed by atoms with E-state index in [4.69, 9.17) is 21.7 Å². The summed E-state index contributed by atoms with van der Waals surface area (Å²) < 4.78 is 13.4. The Bertz CT molecular complexity index is 1550. The number of methoxy groups -OCH3 is 2. The number of aromatic nitrogens is 2. The molecular weight excluding hydrogens is 522 g/mol. The number of nitrogens with zero attached hydrogens (tertiary/aromatic N) is 3. The molecule has 2 aromatic heterocycles. The summed E-state index contributed by atoms with van der Waals surface area (Å²) in [6.45, 7) is 6.04. The lowest BCUT2D eigenvalue weighted by molar-refractivity contribution is -0.115. The van der Waals surface area contributed by atoms with Gasteiger partial charge in [0.2, 0.25) is 5.91 Å². The lowest BCUT2D eigenvalue weighted by atomic mass is 9.96. The van der Waals surface area contributed by atoms with E-state index < -0.39 is 0 Å². The molecule has 8 nitrogen and oxygen atoms in total. The Morgan fingerprint density at radius 1 is 1.02 bits per heavy atom. The molecular formula is C31H33N5O3S. The number of benzene rings is 2. The monoisotopic (exact) mass is 555 g/mol. The third kappa shape index (κ3) is 5.00. The number of nitrogens with one attached hydrogen (secondary N) is 2. The van der Waals surface area contributed by atoms with Crippen molar-refractivity contribution >= 4 is 34.6 Å². The average molecular weight is 556 g/mol. The van der Waals surface area contributed by atoms with Crippen molar-refractivity contribution < 1.29 is 14.3 Å². The Morgan fingerprint density at radius 2 is 1.85 bits per heavy atom. The molecule has 3 heterocycles. The Balaban J connectivity index is 1.64. The van der Waals surface area contributed by atoms with E-state index in [1.54, 1.807) is 20.4 Å². The van der Waals surface area contributed by atoms with Crippen molar-refractivity contribution in [2.75, 3.05) is 24.4 Å². The summed E-state index contributed by atoms with van der Waals surface area (Å²) in [5.41, 5.74) is 6.67. The van der Waals surface area contributed by atoms with Crippen LogP contribution in [-0.2, 0) is 4.79 Å². The zero-order valence-electron chi connectivity index (χ0n) is 23.3. The van der Waals surface area contributed by atoms with Crippen LogP contribution in [0.1, 0.15) is 48.1 Å². The van der Waals surface area contributed by atoms with Crippen LogP contribution in [0, 0.1) is 13.8 Å². The molecule has 0 spiro atoms. The van der Waals surface area contributed by atoms with Gasteiger partial charge in [-0.05, 0) is 74.1 Å². The van der Waals surface area contributed by atoms with Gasteiger partial charge in [-0.3, -0.25) is 9.78 Å². The Labute approximate surface area is 239 Å². The van der Waals surface area contributed by atoms with Gasteiger partial charge in [0.25, 0.3) is 0 Å².